The number of sulfonamides is 1. The molecule has 3 fully saturated rings. The first-order valence-electron chi connectivity index (χ1n) is 18.1. The average molecular weight is 736 g/mol. The molecule has 0 spiro atoms. The third-order valence-electron chi connectivity index (χ3n) is 11.3. The van der Waals surface area contributed by atoms with E-state index in [4.69, 9.17) is 4.74 Å². The number of benzene rings is 2. The van der Waals surface area contributed by atoms with Crippen molar-refractivity contribution < 1.29 is 31.9 Å². The van der Waals surface area contributed by atoms with E-state index in [-0.39, 0.29) is 42.8 Å². The molecule has 272 valence electrons. The molecule has 1 aromatic heterocycles. The van der Waals surface area contributed by atoms with E-state index in [1.165, 1.54) is 23.5 Å². The molecule has 1 saturated heterocycles. The first kappa shape index (κ1) is 35.7. The lowest BCUT2D eigenvalue weighted by molar-refractivity contribution is -0.142. The van der Waals surface area contributed by atoms with Crippen molar-refractivity contribution in [2.45, 2.75) is 108 Å². The first-order valence-corrected chi connectivity index (χ1v) is 20.4. The van der Waals surface area contributed by atoms with Crippen LogP contribution in [0.1, 0.15) is 87.8 Å². The normalized spacial score (nSPS) is 28.7. The summed E-state index contributed by atoms with van der Waals surface area (Å²) in [4.78, 5) is 49.2. The second kappa shape index (κ2) is 13.7. The van der Waals surface area contributed by atoms with E-state index in [1.807, 2.05) is 50.3 Å². The Bertz CT molecular complexity index is 1990. The predicted molar refractivity (Wildman–Crippen MR) is 194 cm³/mol. The fourth-order valence-corrected chi connectivity index (χ4v) is 10.2. The molecule has 0 unspecified atom stereocenters. The molecule has 0 radical (unpaired) electrons. The van der Waals surface area contributed by atoms with Crippen LogP contribution in [0.3, 0.4) is 0 Å². The molecule has 1 N–H and O–H groups in total. The van der Waals surface area contributed by atoms with E-state index in [0.29, 0.717) is 37.3 Å². The van der Waals surface area contributed by atoms with E-state index in [9.17, 15) is 27.2 Å². The standard InChI is InChI=1S/C39H46FN3O6S2/c1-24-11-12-31-34(17-24)50-37(41-31)49-30-20-32-33(44)22-39(36(46)42-51(47,48)38(3)13-14-38)21-28(39)10-8-6-4-5-7-9-27(35(45)43(32)23-30)18-26-15-25(2)16-29(40)19-26/h8,10-12,15-17,19,27-28,30,32H,4-7,9,13-14,18,20-23H2,1-3H3,(H,42,46)/b10-8-/t27-,28+,30-,32+,39-/m1/s1. The number of carbonyl (C=O) groups is 3. The van der Waals surface area contributed by atoms with Gasteiger partial charge >= 0.3 is 0 Å². The smallest absolute Gasteiger partial charge is 0.274 e. The Kier molecular flexibility index (Phi) is 9.62. The quantitative estimate of drug-likeness (QED) is 0.267. The van der Waals surface area contributed by atoms with Crippen molar-refractivity contribution in [2.75, 3.05) is 6.54 Å². The number of ether oxygens (including phenoxy) is 1. The molecule has 4 aliphatic rings. The van der Waals surface area contributed by atoms with E-state index < -0.39 is 44.2 Å². The Balaban J connectivity index is 1.19. The number of fused-ring (bicyclic) bond motifs is 3. The first-order chi connectivity index (χ1) is 24.2. The lowest BCUT2D eigenvalue weighted by atomic mass is 9.89. The van der Waals surface area contributed by atoms with Crippen LogP contribution in [0.4, 0.5) is 4.39 Å². The summed E-state index contributed by atoms with van der Waals surface area (Å²) in [7, 11) is -3.91. The van der Waals surface area contributed by atoms with Gasteiger partial charge in [-0.2, -0.15) is 0 Å². The molecule has 2 aliphatic heterocycles. The minimum Gasteiger partial charge on any atom is -0.465 e. The molecule has 2 aliphatic carbocycles. The maximum atomic E-state index is 14.6. The van der Waals surface area contributed by atoms with Crippen molar-refractivity contribution in [1.82, 2.24) is 14.6 Å². The summed E-state index contributed by atoms with van der Waals surface area (Å²) in [5.41, 5.74) is 2.21. The fourth-order valence-electron chi connectivity index (χ4n) is 7.84. The lowest BCUT2D eigenvalue weighted by Gasteiger charge is -2.29. The highest BCUT2D eigenvalue weighted by atomic mass is 32.2. The summed E-state index contributed by atoms with van der Waals surface area (Å²) in [5.74, 6) is -2.23. The largest absolute Gasteiger partial charge is 0.465 e. The molecular weight excluding hydrogens is 690 g/mol. The third-order valence-corrected chi connectivity index (χ3v) is 14.4. The van der Waals surface area contributed by atoms with Gasteiger partial charge in [0.05, 0.1) is 33.0 Å². The van der Waals surface area contributed by atoms with E-state index in [0.717, 1.165) is 52.6 Å². The van der Waals surface area contributed by atoms with Crippen LogP contribution in [-0.2, 0) is 30.8 Å². The van der Waals surface area contributed by atoms with Gasteiger partial charge in [0.25, 0.3) is 5.19 Å². The van der Waals surface area contributed by atoms with Crippen LogP contribution >= 0.6 is 11.3 Å². The van der Waals surface area contributed by atoms with Gasteiger partial charge in [-0.15, -0.1) is 0 Å². The van der Waals surface area contributed by atoms with Gasteiger partial charge in [0.2, 0.25) is 21.8 Å². The molecule has 2 aromatic carbocycles. The van der Waals surface area contributed by atoms with Crippen molar-refractivity contribution in [3.8, 4) is 5.19 Å². The van der Waals surface area contributed by atoms with Crippen molar-refractivity contribution in [2.24, 2.45) is 17.3 Å². The number of carbonyl (C=O) groups excluding carboxylic acids is 3. The molecule has 51 heavy (non-hydrogen) atoms. The topological polar surface area (TPSA) is 123 Å². The highest BCUT2D eigenvalue weighted by molar-refractivity contribution is 7.91. The maximum absolute atomic E-state index is 14.6. The molecule has 3 heterocycles. The zero-order valence-electron chi connectivity index (χ0n) is 29.5. The molecular formula is C39H46FN3O6S2. The van der Waals surface area contributed by atoms with Crippen molar-refractivity contribution in [3.05, 3.63) is 71.1 Å². The molecule has 9 nitrogen and oxygen atoms in total. The van der Waals surface area contributed by atoms with Crippen molar-refractivity contribution >= 4 is 49.2 Å². The number of amides is 2. The number of hydrogen-bond donors (Lipinski definition) is 1. The van der Waals surface area contributed by atoms with Gasteiger partial charge < -0.3 is 9.64 Å². The molecule has 2 saturated carbocycles. The lowest BCUT2D eigenvalue weighted by Crippen LogP contribution is -2.47. The van der Waals surface area contributed by atoms with Gasteiger partial charge in [-0.3, -0.25) is 19.1 Å². The van der Waals surface area contributed by atoms with Gasteiger partial charge in [-0.05, 0) is 113 Å². The Morgan fingerprint density at radius 1 is 1.10 bits per heavy atom. The molecule has 12 heteroatoms. The second-order valence-corrected chi connectivity index (χ2v) is 18.7. The monoisotopic (exact) mass is 735 g/mol. The highest BCUT2D eigenvalue weighted by Gasteiger charge is 2.62. The average Bonchev–Trinajstić information content (AvgIpc) is 3.87. The van der Waals surface area contributed by atoms with Crippen molar-refractivity contribution in [3.63, 3.8) is 0 Å². The Labute approximate surface area is 303 Å². The summed E-state index contributed by atoms with van der Waals surface area (Å²) in [5, 5.41) is 0.456. The zero-order valence-corrected chi connectivity index (χ0v) is 31.1. The van der Waals surface area contributed by atoms with Crippen LogP contribution in [0.15, 0.2) is 48.6 Å². The number of Topliss-reactive ketones (excluding diaryl/α,β-unsaturated/α-hetero) is 1. The number of nitrogens with zero attached hydrogens (tertiary/aromatic N) is 2. The maximum Gasteiger partial charge on any atom is 0.274 e. The minimum atomic E-state index is -3.91. The zero-order chi connectivity index (χ0) is 36.1. The molecule has 7 rings (SSSR count). The van der Waals surface area contributed by atoms with E-state index in [1.54, 1.807) is 11.8 Å². The summed E-state index contributed by atoms with van der Waals surface area (Å²) in [6.45, 7) is 5.63. The van der Waals surface area contributed by atoms with Gasteiger partial charge in [0.1, 0.15) is 11.9 Å². The van der Waals surface area contributed by atoms with Gasteiger partial charge in [0.15, 0.2) is 5.78 Å². The van der Waals surface area contributed by atoms with Gasteiger partial charge in [-0.1, -0.05) is 48.5 Å². The van der Waals surface area contributed by atoms with Crippen LogP contribution in [0.25, 0.3) is 10.2 Å². The molecule has 5 atom stereocenters. The predicted octanol–water partition coefficient (Wildman–Crippen LogP) is 6.74. The highest BCUT2D eigenvalue weighted by Crippen LogP contribution is 2.57. The van der Waals surface area contributed by atoms with Crippen LogP contribution in [-0.4, -0.2) is 59.3 Å². The molecule has 2 amide bonds. The Morgan fingerprint density at radius 3 is 2.67 bits per heavy atom. The van der Waals surface area contributed by atoms with E-state index >= 15 is 0 Å². The Morgan fingerprint density at radius 2 is 1.90 bits per heavy atom. The Hall–Kier alpha value is -3.64. The summed E-state index contributed by atoms with van der Waals surface area (Å²) in [6, 6.07) is 9.93. The SMILES string of the molecule is Cc1cc(F)cc(C[C@H]2CCCCC/C=C\[C@H]3C[C@@]3(C(=O)NS(=O)(=O)C3(C)CC3)CC(=O)[C@@H]3C[C@@H](Oc4nc5ccc(C)cc5s4)CN3C2=O)c1. The van der Waals surface area contributed by atoms with Crippen LogP contribution in [0.2, 0.25) is 0 Å². The minimum absolute atomic E-state index is 0.165. The number of aryl methyl sites for hydroxylation is 2. The van der Waals surface area contributed by atoms with Gasteiger partial charge in [0, 0.05) is 18.8 Å². The molecule has 3 aromatic rings. The number of ketones is 1. The fraction of sp³-hybridized carbons (Fsp3) is 0.538. The summed E-state index contributed by atoms with van der Waals surface area (Å²) in [6.07, 6.45) is 9.10. The van der Waals surface area contributed by atoms with Crippen LogP contribution in [0.5, 0.6) is 5.19 Å². The number of hydrogen-bond acceptors (Lipinski definition) is 8. The van der Waals surface area contributed by atoms with Crippen LogP contribution < -0.4 is 9.46 Å². The van der Waals surface area contributed by atoms with E-state index in [2.05, 4.69) is 9.71 Å². The van der Waals surface area contributed by atoms with Crippen molar-refractivity contribution in [1.29, 1.82) is 0 Å². The van der Waals surface area contributed by atoms with Crippen LogP contribution in [0, 0.1) is 36.9 Å². The number of thiazole rings is 1. The number of allylic oxidation sites excluding steroid dienone is 2. The van der Waals surface area contributed by atoms with Gasteiger partial charge in [-0.25, -0.2) is 17.8 Å². The number of aromatic nitrogens is 1. The second-order valence-electron chi connectivity index (χ2n) is 15.5. The summed E-state index contributed by atoms with van der Waals surface area (Å²) >= 11 is 1.41. The number of halogens is 1. The summed E-state index contributed by atoms with van der Waals surface area (Å²) < 4.78 is 49.5. The number of nitrogens with one attached hydrogen (secondary N) is 1. The third kappa shape index (κ3) is 7.49. The number of rotatable bonds is 7. The molecule has 0 bridgehead atoms.